The van der Waals surface area contributed by atoms with Gasteiger partial charge in [0.2, 0.25) is 0 Å². The summed E-state index contributed by atoms with van der Waals surface area (Å²) >= 11 is 0. The maximum Gasteiger partial charge on any atom is 1.00 e. The monoisotopic (exact) mass is 442 g/mol. The second kappa shape index (κ2) is 260. The van der Waals surface area contributed by atoms with Gasteiger partial charge in [0.25, 0.3) is 0 Å². The van der Waals surface area contributed by atoms with Gasteiger partial charge in [-0.15, -0.1) is 0 Å². The molecule has 7 nitrogen and oxygen atoms in total. The van der Waals surface area contributed by atoms with Crippen LogP contribution in [0.3, 0.4) is 0 Å². The molecule has 0 rings (SSSR count). The molecule has 0 bridgehead atoms. The molecule has 0 aromatic heterocycles. The zero-order valence-corrected chi connectivity index (χ0v) is 12.1. The van der Waals surface area contributed by atoms with Gasteiger partial charge in [-0.25, -0.2) is 0 Å². The molecule has 13 heavy (non-hydrogen) atoms. The van der Waals surface area contributed by atoms with E-state index in [4.69, 9.17) is 0 Å². The number of rotatable bonds is 0. The van der Waals surface area contributed by atoms with Gasteiger partial charge in [0.05, 0.1) is 0 Å². The summed E-state index contributed by atoms with van der Waals surface area (Å²) in [6, 6.07) is 0. The van der Waals surface area contributed by atoms with E-state index < -0.39 is 0 Å². The van der Waals surface area contributed by atoms with Crippen LogP contribution in [-0.4, -0.2) is 0 Å². The minimum absolute atomic E-state index is 0. The Balaban J connectivity index is 0. The van der Waals surface area contributed by atoms with Gasteiger partial charge < -0.3 is 38.3 Å². The Kier molecular flexibility index (Phi) is 6310. The average Bonchev–Trinajstić information content (AvgIpc) is 0. The normalized spacial score (nSPS) is 0. The van der Waals surface area contributed by atoms with E-state index >= 15 is 0 Å². The molecule has 0 aliphatic heterocycles. The Morgan fingerprint density at radius 1 is 0.308 bits per heavy atom. The Hall–Kier alpha value is 3.56. The fourth-order valence-corrected chi connectivity index (χ4v) is 0. The third kappa shape index (κ3) is 225. The maximum atomic E-state index is 0. The summed E-state index contributed by atoms with van der Waals surface area (Å²) in [5.74, 6) is 0. The Morgan fingerprint density at radius 2 is 0.308 bits per heavy atom. The average molecular weight is 443 g/mol. The standard InChI is InChI=1S/2Ag.2Li.7O.2V/q4*+1;7*-2;;. The fraction of sp³-hybridized carbons (Fsp3) is 0. The molecule has 0 fully saturated rings. The fourth-order valence-electron chi connectivity index (χ4n) is 0. The minimum atomic E-state index is 0. The summed E-state index contributed by atoms with van der Waals surface area (Å²) in [6.45, 7) is 0. The Labute approximate surface area is 156 Å². The molecule has 2 radical (unpaired) electrons. The van der Waals surface area contributed by atoms with E-state index in [0.717, 1.165) is 0 Å². The summed E-state index contributed by atoms with van der Waals surface area (Å²) < 4.78 is 0. The van der Waals surface area contributed by atoms with Gasteiger partial charge in [-0.2, -0.15) is 0 Å². The molecule has 0 atom stereocenters. The van der Waals surface area contributed by atoms with E-state index in [9.17, 15) is 0 Å². The van der Waals surface area contributed by atoms with Crippen molar-refractivity contribution in [3.05, 3.63) is 0 Å². The largest absolute Gasteiger partial charge is 2.00 e. The SMILES string of the molecule is [Ag+].[Ag+].[Li+].[Li+].[O-2].[O-2].[O-2].[O-2].[O-2].[O-2].[O-2].[V].[V]. The van der Waals surface area contributed by atoms with Gasteiger partial charge >= 0.3 is 82.5 Å². The van der Waals surface area contributed by atoms with Gasteiger partial charge in [0, 0.05) is 37.1 Å². The summed E-state index contributed by atoms with van der Waals surface area (Å²) in [5, 5.41) is 0. The predicted octanol–water partition coefficient (Wildman–Crippen LogP) is -6.83. The first kappa shape index (κ1) is 316. The van der Waals surface area contributed by atoms with Crippen LogP contribution < -0.4 is 37.7 Å². The molecule has 0 aliphatic rings. The van der Waals surface area contributed by atoms with Crippen LogP contribution in [0.5, 0.6) is 0 Å². The first-order chi connectivity index (χ1) is 0. The second-order valence-electron chi connectivity index (χ2n) is 0. The van der Waals surface area contributed by atoms with E-state index in [1.807, 2.05) is 0 Å². The van der Waals surface area contributed by atoms with E-state index in [2.05, 4.69) is 0 Å². The van der Waals surface area contributed by atoms with Gasteiger partial charge in [-0.3, -0.25) is 0 Å². The molecule has 0 N–H and O–H groups in total. The van der Waals surface area contributed by atoms with Gasteiger partial charge in [0.1, 0.15) is 0 Å². The minimum Gasteiger partial charge on any atom is -2.00 e. The molecular weight excluding hydrogens is 443 g/mol. The summed E-state index contributed by atoms with van der Waals surface area (Å²) in [7, 11) is 0. The van der Waals surface area contributed by atoms with Gasteiger partial charge in [-0.1, -0.05) is 0 Å². The molecule has 0 saturated carbocycles. The van der Waals surface area contributed by atoms with E-state index in [-0.39, 0.29) is 158 Å². The Bertz CT molecular complexity index is 22.5. The van der Waals surface area contributed by atoms with Crippen LogP contribution in [0.2, 0.25) is 0 Å². The molecule has 0 aromatic rings. The van der Waals surface area contributed by atoms with Gasteiger partial charge in [-0.05, 0) is 0 Å². The maximum absolute atomic E-state index is 0. The van der Waals surface area contributed by atoms with Crippen molar-refractivity contribution in [3.8, 4) is 0 Å². The van der Waals surface area contributed by atoms with Crippen LogP contribution in [0, 0.1) is 0 Å². The van der Waals surface area contributed by atoms with E-state index in [0.29, 0.717) is 0 Å². The van der Waals surface area contributed by atoms with Crippen LogP contribution in [0.25, 0.3) is 0 Å². The summed E-state index contributed by atoms with van der Waals surface area (Å²) in [6.07, 6.45) is 0. The predicted molar refractivity (Wildman–Crippen MR) is 4.81 cm³/mol. The van der Waals surface area contributed by atoms with Crippen molar-refractivity contribution in [3.63, 3.8) is 0 Å². The number of hydrogen-bond donors (Lipinski definition) is 0. The van der Waals surface area contributed by atoms with Crippen molar-refractivity contribution in [2.75, 3.05) is 0 Å². The zero-order chi connectivity index (χ0) is 0. The van der Waals surface area contributed by atoms with E-state index in [1.165, 1.54) is 0 Å². The van der Waals surface area contributed by atoms with Crippen LogP contribution in [0.4, 0.5) is 0 Å². The van der Waals surface area contributed by atoms with Crippen molar-refractivity contribution >= 4 is 0 Å². The first-order valence-electron chi connectivity index (χ1n) is 0. The quantitative estimate of drug-likeness (QED) is 0.321. The number of hydrogen-bond acceptors (Lipinski definition) is 0. The zero-order valence-electron chi connectivity index (χ0n) is 6.36. The molecule has 0 amide bonds. The van der Waals surface area contributed by atoms with Crippen molar-refractivity contribution in [2.24, 2.45) is 0 Å². The van der Waals surface area contributed by atoms with Crippen molar-refractivity contribution in [1.82, 2.24) is 0 Å². The molecule has 0 spiro atoms. The third-order valence-corrected chi connectivity index (χ3v) is 0. The molecule has 0 saturated heterocycles. The molecule has 13 heteroatoms. The van der Waals surface area contributed by atoms with Gasteiger partial charge in [0.15, 0.2) is 0 Å². The molecule has 0 unspecified atom stereocenters. The summed E-state index contributed by atoms with van der Waals surface area (Å²) in [4.78, 5) is 0. The van der Waals surface area contributed by atoms with Crippen LogP contribution in [0.15, 0.2) is 0 Å². The van der Waals surface area contributed by atoms with Crippen molar-refractivity contribution < 1.29 is 158 Å². The van der Waals surface area contributed by atoms with Crippen molar-refractivity contribution in [1.29, 1.82) is 0 Å². The molecule has 0 heterocycles. The molecule has 86 valence electrons. The smallest absolute Gasteiger partial charge is 1.00 e. The van der Waals surface area contributed by atoms with Crippen LogP contribution in [-0.2, 0) is 120 Å². The molecule has 0 aliphatic carbocycles. The van der Waals surface area contributed by atoms with Crippen molar-refractivity contribution in [2.45, 2.75) is 0 Å². The Morgan fingerprint density at radius 3 is 0.308 bits per heavy atom. The second-order valence-corrected chi connectivity index (χ2v) is 0. The summed E-state index contributed by atoms with van der Waals surface area (Å²) in [5.41, 5.74) is 0. The topological polar surface area (TPSA) is 200 Å². The first-order valence-corrected chi connectivity index (χ1v) is 0. The molecule has 0 aromatic carbocycles. The van der Waals surface area contributed by atoms with Crippen LogP contribution >= 0.6 is 0 Å². The van der Waals surface area contributed by atoms with E-state index in [1.54, 1.807) is 0 Å². The molecular formula is Ag2Li2O7V2-10. The van der Waals surface area contributed by atoms with Crippen LogP contribution in [0.1, 0.15) is 0 Å². The third-order valence-electron chi connectivity index (χ3n) is 0.